The number of nitrogens with zero attached hydrogens (tertiary/aromatic N) is 1. The van der Waals surface area contributed by atoms with Gasteiger partial charge in [0.05, 0.1) is 34.4 Å². The van der Waals surface area contributed by atoms with Gasteiger partial charge >= 0.3 is 13.8 Å². The lowest BCUT2D eigenvalue weighted by molar-refractivity contribution is -0.870. The maximum atomic E-state index is 12.3. The number of quaternary nitrogens is 1. The lowest BCUT2D eigenvalue weighted by Gasteiger charge is -2.24. The normalized spacial score (nSPS) is 14.8. The summed E-state index contributed by atoms with van der Waals surface area (Å²) in [5, 5.41) is 0. The molecule has 0 aromatic heterocycles. The molecule has 0 bridgehead atoms. The first-order chi connectivity index (χ1) is 22.1. The van der Waals surface area contributed by atoms with Crippen molar-refractivity contribution >= 4 is 13.8 Å². The second-order valence-electron chi connectivity index (χ2n) is 12.5. The van der Waals surface area contributed by atoms with E-state index in [9.17, 15) is 14.3 Å². The van der Waals surface area contributed by atoms with Gasteiger partial charge in [0.1, 0.15) is 19.3 Å². The summed E-state index contributed by atoms with van der Waals surface area (Å²) in [7, 11) is 1.63. The molecule has 0 amide bonds. The highest BCUT2D eigenvalue weighted by atomic mass is 31.2. The zero-order valence-corrected chi connectivity index (χ0v) is 30.7. The first-order valence-electron chi connectivity index (χ1n) is 17.5. The molecule has 0 radical (unpaired) electrons. The number of ether oxygens (including phenoxy) is 2. The Labute approximate surface area is 281 Å². The summed E-state index contributed by atoms with van der Waals surface area (Å²) in [4.78, 5) is 22.4. The van der Waals surface area contributed by atoms with E-state index in [2.05, 4.69) is 74.6 Å². The third kappa shape index (κ3) is 33.6. The molecule has 0 heterocycles. The zero-order valence-electron chi connectivity index (χ0n) is 29.8. The van der Waals surface area contributed by atoms with E-state index in [4.69, 9.17) is 18.5 Å². The Morgan fingerprint density at radius 3 is 1.85 bits per heavy atom. The van der Waals surface area contributed by atoms with Crippen molar-refractivity contribution in [2.75, 3.05) is 54.1 Å². The van der Waals surface area contributed by atoms with Crippen molar-refractivity contribution in [2.45, 2.75) is 116 Å². The number of rotatable bonds is 31. The van der Waals surface area contributed by atoms with Crippen LogP contribution >= 0.6 is 7.82 Å². The topological polar surface area (TPSA) is 91.3 Å². The van der Waals surface area contributed by atoms with Crippen LogP contribution in [-0.4, -0.2) is 75.6 Å². The van der Waals surface area contributed by atoms with Crippen molar-refractivity contribution < 1.29 is 37.3 Å². The minimum atomic E-state index is -4.26. The highest BCUT2D eigenvalue weighted by Gasteiger charge is 2.26. The number of esters is 1. The number of carbonyl (C=O) groups excluding carboxylic acids is 1. The van der Waals surface area contributed by atoms with Gasteiger partial charge in [-0.1, -0.05) is 107 Å². The number of phosphoric ester groups is 1. The first-order valence-corrected chi connectivity index (χ1v) is 19.0. The molecule has 0 aliphatic carbocycles. The second-order valence-corrected chi connectivity index (χ2v) is 14.0. The number of hydrogen-bond donors (Lipinski definition) is 1. The van der Waals surface area contributed by atoms with Crippen molar-refractivity contribution in [1.82, 2.24) is 0 Å². The standard InChI is InChI=1S/C37H66NO7P/c1-6-8-10-12-13-14-15-16-17-18-19-20-21-22-23-24-25-26-27-29-32-42-34-36(45-37(39)30-28-11-9-7-2)35-44-46(40,41)43-33-31-38(3,4)5/h8,10,13-14,16-17,19-20,22-23,36H,6-7,9,11-12,15,18,21,24-35H2,1-5H3/p+1/b10-8-,14-13-,17-16-,20-19-,23-22-. The Hall–Kier alpha value is -1.80. The van der Waals surface area contributed by atoms with E-state index in [1.807, 2.05) is 21.1 Å². The Morgan fingerprint density at radius 2 is 1.26 bits per heavy atom. The fourth-order valence-corrected chi connectivity index (χ4v) is 4.85. The van der Waals surface area contributed by atoms with Crippen LogP contribution in [0.15, 0.2) is 60.8 Å². The molecule has 8 nitrogen and oxygen atoms in total. The van der Waals surface area contributed by atoms with Crippen LogP contribution in [0, 0.1) is 0 Å². The zero-order chi connectivity index (χ0) is 34.2. The summed E-state index contributed by atoms with van der Waals surface area (Å²) >= 11 is 0. The van der Waals surface area contributed by atoms with E-state index in [0.717, 1.165) is 89.9 Å². The molecule has 266 valence electrons. The monoisotopic (exact) mass is 668 g/mol. The molecule has 0 aliphatic rings. The van der Waals surface area contributed by atoms with Crippen LogP contribution in [0.5, 0.6) is 0 Å². The van der Waals surface area contributed by atoms with Gasteiger partial charge in [0.2, 0.25) is 0 Å². The SMILES string of the molecule is CC/C=C\C/C=C\C/C=C\C/C=C\C/C=C\CCCCCCOCC(COP(=O)(O)OCC[N+](C)(C)C)OC(=O)CCCCCC. The van der Waals surface area contributed by atoms with Crippen LogP contribution in [0.2, 0.25) is 0 Å². The van der Waals surface area contributed by atoms with Crippen LogP contribution < -0.4 is 0 Å². The van der Waals surface area contributed by atoms with Gasteiger partial charge in [-0.2, -0.15) is 0 Å². The van der Waals surface area contributed by atoms with Gasteiger partial charge in [-0.3, -0.25) is 13.8 Å². The molecule has 0 rings (SSSR count). The fraction of sp³-hybridized carbons (Fsp3) is 0.703. The van der Waals surface area contributed by atoms with Crippen molar-refractivity contribution in [2.24, 2.45) is 0 Å². The van der Waals surface area contributed by atoms with Crippen molar-refractivity contribution in [3.63, 3.8) is 0 Å². The molecule has 2 unspecified atom stereocenters. The highest BCUT2D eigenvalue weighted by Crippen LogP contribution is 2.43. The lowest BCUT2D eigenvalue weighted by Crippen LogP contribution is -2.37. The smallest absolute Gasteiger partial charge is 0.457 e. The van der Waals surface area contributed by atoms with Gasteiger partial charge in [-0.15, -0.1) is 0 Å². The molecular formula is C37H67NO7P+. The predicted molar refractivity (Wildman–Crippen MR) is 192 cm³/mol. The van der Waals surface area contributed by atoms with Crippen LogP contribution in [0.1, 0.15) is 110 Å². The van der Waals surface area contributed by atoms with Crippen molar-refractivity contribution in [1.29, 1.82) is 0 Å². The van der Waals surface area contributed by atoms with E-state index in [-0.39, 0.29) is 25.8 Å². The van der Waals surface area contributed by atoms with Crippen LogP contribution in [0.3, 0.4) is 0 Å². The number of hydrogen-bond acceptors (Lipinski definition) is 6. The summed E-state index contributed by atoms with van der Waals surface area (Å²) in [6.45, 7) is 5.28. The molecule has 9 heteroatoms. The van der Waals surface area contributed by atoms with E-state index < -0.39 is 13.9 Å². The fourth-order valence-electron chi connectivity index (χ4n) is 4.10. The van der Waals surface area contributed by atoms with Crippen LogP contribution in [0.25, 0.3) is 0 Å². The first kappa shape index (κ1) is 44.2. The number of allylic oxidation sites excluding steroid dienone is 10. The Balaban J connectivity index is 4.17. The number of unbranched alkanes of at least 4 members (excludes halogenated alkanes) is 7. The third-order valence-corrected chi connectivity index (χ3v) is 7.83. The molecule has 1 N–H and O–H groups in total. The van der Waals surface area contributed by atoms with Gasteiger partial charge in [-0.25, -0.2) is 4.57 Å². The van der Waals surface area contributed by atoms with Gasteiger partial charge in [0.15, 0.2) is 0 Å². The maximum absolute atomic E-state index is 12.3. The number of carbonyl (C=O) groups is 1. The molecule has 0 spiro atoms. The Kier molecular flexibility index (Phi) is 29.3. The quantitative estimate of drug-likeness (QED) is 0.0259. The van der Waals surface area contributed by atoms with E-state index >= 15 is 0 Å². The van der Waals surface area contributed by atoms with Gasteiger partial charge in [0, 0.05) is 13.0 Å². The predicted octanol–water partition coefficient (Wildman–Crippen LogP) is 9.43. The van der Waals surface area contributed by atoms with E-state index in [1.54, 1.807) is 0 Å². The lowest BCUT2D eigenvalue weighted by atomic mass is 10.1. The minimum absolute atomic E-state index is 0.0801. The molecule has 0 aliphatic heterocycles. The molecule has 0 aromatic carbocycles. The molecule has 0 saturated heterocycles. The molecule has 0 aromatic rings. The molecular weight excluding hydrogens is 601 g/mol. The van der Waals surface area contributed by atoms with Crippen LogP contribution in [0.4, 0.5) is 0 Å². The highest BCUT2D eigenvalue weighted by molar-refractivity contribution is 7.47. The Bertz CT molecular complexity index is 921. The Morgan fingerprint density at radius 1 is 0.696 bits per heavy atom. The van der Waals surface area contributed by atoms with Crippen molar-refractivity contribution in [3.8, 4) is 0 Å². The summed E-state index contributed by atoms with van der Waals surface area (Å²) in [5.41, 5.74) is 0. The largest absolute Gasteiger partial charge is 0.472 e. The third-order valence-electron chi connectivity index (χ3n) is 6.84. The van der Waals surface area contributed by atoms with E-state index in [0.29, 0.717) is 24.1 Å². The molecule has 0 fully saturated rings. The van der Waals surface area contributed by atoms with Crippen molar-refractivity contribution in [3.05, 3.63) is 60.8 Å². The van der Waals surface area contributed by atoms with Gasteiger partial charge in [-0.05, 0) is 57.8 Å². The van der Waals surface area contributed by atoms with E-state index in [1.165, 1.54) is 0 Å². The van der Waals surface area contributed by atoms with Gasteiger partial charge in [0.25, 0.3) is 0 Å². The summed E-state index contributed by atoms with van der Waals surface area (Å²) in [6.07, 6.45) is 35.9. The number of phosphoric acid groups is 1. The minimum Gasteiger partial charge on any atom is -0.457 e. The molecule has 46 heavy (non-hydrogen) atoms. The summed E-state index contributed by atoms with van der Waals surface area (Å²) < 4.78 is 34.4. The average Bonchev–Trinajstić information content (AvgIpc) is 2.99. The van der Waals surface area contributed by atoms with Crippen LogP contribution in [-0.2, 0) is 27.9 Å². The molecule has 2 atom stereocenters. The number of likely N-dealkylation sites (N-methyl/N-ethyl adjacent to an activating group) is 1. The summed E-state index contributed by atoms with van der Waals surface area (Å²) in [5.74, 6) is -0.345. The van der Waals surface area contributed by atoms with Gasteiger partial charge < -0.3 is 18.9 Å². The average molecular weight is 669 g/mol. The maximum Gasteiger partial charge on any atom is 0.472 e. The molecule has 0 saturated carbocycles. The summed E-state index contributed by atoms with van der Waals surface area (Å²) in [6, 6.07) is 0. The second kappa shape index (κ2) is 30.5.